The highest BCUT2D eigenvalue weighted by atomic mass is 32.2. The average Bonchev–Trinajstić information content (AvgIpc) is 2.77. The van der Waals surface area contributed by atoms with E-state index in [1.165, 1.54) is 6.08 Å². The zero-order valence-electron chi connectivity index (χ0n) is 8.65. The summed E-state index contributed by atoms with van der Waals surface area (Å²) in [5, 5.41) is 0. The molecule has 14 heavy (non-hydrogen) atoms. The number of sulfone groups is 1. The summed E-state index contributed by atoms with van der Waals surface area (Å²) in [4.78, 5) is 13.3. The maximum absolute atomic E-state index is 11.6. The lowest BCUT2D eigenvalue weighted by molar-refractivity contribution is -0.114. The molecule has 0 aromatic heterocycles. The summed E-state index contributed by atoms with van der Waals surface area (Å²) in [6.07, 6.45) is 4.97. The van der Waals surface area contributed by atoms with Gasteiger partial charge >= 0.3 is 0 Å². The molecule has 0 unspecified atom stereocenters. The minimum atomic E-state index is -3.26. The Morgan fingerprint density at radius 1 is 1.36 bits per heavy atom. The Bertz CT molecular complexity index is 364. The zero-order chi connectivity index (χ0) is 11.0. The maximum Gasteiger partial charge on any atom is 0.178 e. The molecule has 0 amide bonds. The molecule has 1 aliphatic carbocycles. The van der Waals surface area contributed by atoms with Crippen LogP contribution < -0.4 is 0 Å². The number of carbonyl (C=O) groups excluding carboxylic acids is 1. The molecule has 0 atom stereocenters. The summed E-state index contributed by atoms with van der Waals surface area (Å²) < 4.78 is 21.6. The van der Waals surface area contributed by atoms with Crippen LogP contribution in [0, 0.1) is 0 Å². The Morgan fingerprint density at radius 3 is 2.14 bits per heavy atom. The van der Waals surface area contributed by atoms with E-state index in [1.807, 2.05) is 0 Å². The van der Waals surface area contributed by atoms with Crippen molar-refractivity contribution < 1.29 is 13.2 Å². The molecule has 1 fully saturated rings. The highest BCUT2D eigenvalue weighted by Crippen LogP contribution is 2.44. The van der Waals surface area contributed by atoms with Crippen LogP contribution in [0.5, 0.6) is 0 Å². The molecule has 0 aromatic carbocycles. The van der Waals surface area contributed by atoms with Gasteiger partial charge in [-0.3, -0.25) is 4.79 Å². The topological polar surface area (TPSA) is 54.5 Å². The summed E-state index contributed by atoms with van der Waals surface area (Å²) in [5.74, 6) is -0.297. The molecule has 0 aromatic rings. The van der Waals surface area contributed by atoms with E-state index in [0.717, 1.165) is 6.26 Å². The molecule has 1 aliphatic rings. The van der Waals surface area contributed by atoms with Gasteiger partial charge in [0.1, 0.15) is 4.75 Å². The van der Waals surface area contributed by atoms with Crippen LogP contribution in [0.4, 0.5) is 0 Å². The number of hydrogen-bond acceptors (Lipinski definition) is 4. The van der Waals surface area contributed by atoms with Crippen molar-refractivity contribution in [2.75, 3.05) is 20.4 Å². The van der Waals surface area contributed by atoms with Crippen molar-refractivity contribution >= 4 is 15.6 Å². The largest absolute Gasteiger partial charge is 0.383 e. The smallest absolute Gasteiger partial charge is 0.178 e. The molecule has 1 saturated carbocycles. The third-order valence-electron chi connectivity index (χ3n) is 2.39. The van der Waals surface area contributed by atoms with Gasteiger partial charge in [0.25, 0.3) is 0 Å². The van der Waals surface area contributed by atoms with Crippen molar-refractivity contribution in [3.63, 3.8) is 0 Å². The highest BCUT2D eigenvalue weighted by molar-refractivity contribution is 7.93. The van der Waals surface area contributed by atoms with Gasteiger partial charge in [-0.2, -0.15) is 0 Å². The lowest BCUT2D eigenvalue weighted by Crippen LogP contribution is -2.30. The van der Waals surface area contributed by atoms with Crippen molar-refractivity contribution in [2.24, 2.45) is 0 Å². The Morgan fingerprint density at radius 2 is 1.86 bits per heavy atom. The molecule has 1 rings (SSSR count). The molecule has 0 aliphatic heterocycles. The number of allylic oxidation sites excluding steroid dienone is 1. The molecular weight excluding hydrogens is 202 g/mol. The molecule has 0 spiro atoms. The van der Waals surface area contributed by atoms with Gasteiger partial charge in [0.05, 0.1) is 0 Å². The minimum Gasteiger partial charge on any atom is -0.383 e. The van der Waals surface area contributed by atoms with E-state index in [1.54, 1.807) is 25.2 Å². The van der Waals surface area contributed by atoms with Crippen LogP contribution in [0.3, 0.4) is 0 Å². The van der Waals surface area contributed by atoms with Crippen LogP contribution in [-0.4, -0.2) is 44.2 Å². The number of rotatable bonds is 4. The Balaban J connectivity index is 2.82. The summed E-state index contributed by atoms with van der Waals surface area (Å²) in [7, 11) is 0.305. The Labute approximate surface area is 84.5 Å². The normalized spacial score (nSPS) is 19.6. The fraction of sp³-hybridized carbons (Fsp3) is 0.667. The lowest BCUT2D eigenvalue weighted by atomic mass is 10.2. The second-order valence-electron chi connectivity index (χ2n) is 3.91. The molecule has 4 nitrogen and oxygen atoms in total. The molecule has 0 bridgehead atoms. The van der Waals surface area contributed by atoms with Crippen LogP contribution in [-0.2, 0) is 14.6 Å². The van der Waals surface area contributed by atoms with Gasteiger partial charge in [-0.25, -0.2) is 8.42 Å². The third-order valence-corrected chi connectivity index (χ3v) is 4.42. The second kappa shape index (κ2) is 3.38. The van der Waals surface area contributed by atoms with Gasteiger partial charge in [0, 0.05) is 26.6 Å². The quantitative estimate of drug-likeness (QED) is 0.632. The van der Waals surface area contributed by atoms with Crippen molar-refractivity contribution in [1.82, 2.24) is 4.90 Å². The van der Waals surface area contributed by atoms with E-state index < -0.39 is 14.6 Å². The van der Waals surface area contributed by atoms with Crippen molar-refractivity contribution in [3.05, 3.63) is 12.3 Å². The van der Waals surface area contributed by atoms with Crippen LogP contribution in [0.25, 0.3) is 0 Å². The van der Waals surface area contributed by atoms with Gasteiger partial charge in [-0.1, -0.05) is 0 Å². The van der Waals surface area contributed by atoms with E-state index >= 15 is 0 Å². The van der Waals surface area contributed by atoms with Crippen LogP contribution in [0.2, 0.25) is 0 Å². The summed E-state index contributed by atoms with van der Waals surface area (Å²) in [6, 6.07) is 0. The van der Waals surface area contributed by atoms with E-state index in [-0.39, 0.29) is 5.78 Å². The fourth-order valence-electron chi connectivity index (χ4n) is 1.28. The molecule has 0 heterocycles. The Kier molecular flexibility index (Phi) is 2.71. The fourth-order valence-corrected chi connectivity index (χ4v) is 2.56. The predicted octanol–water partition coefficient (Wildman–Crippen LogP) is 0.208. The van der Waals surface area contributed by atoms with Crippen molar-refractivity contribution in [2.45, 2.75) is 17.6 Å². The molecule has 0 N–H and O–H groups in total. The first-order valence-electron chi connectivity index (χ1n) is 4.38. The monoisotopic (exact) mass is 217 g/mol. The van der Waals surface area contributed by atoms with Crippen LogP contribution >= 0.6 is 0 Å². The van der Waals surface area contributed by atoms with Crippen molar-refractivity contribution in [3.8, 4) is 0 Å². The molecule has 80 valence electrons. The zero-order valence-corrected chi connectivity index (χ0v) is 9.47. The van der Waals surface area contributed by atoms with Crippen LogP contribution in [0.1, 0.15) is 12.8 Å². The minimum absolute atomic E-state index is 0.297. The standard InChI is InChI=1S/C9H15NO3S/c1-10(2)7-4-8(11)9(5-6-9)14(3,12)13/h4,7H,5-6H2,1-3H3/b7-4+. The highest BCUT2D eigenvalue weighted by Gasteiger charge is 2.57. The Hall–Kier alpha value is -0.840. The molecular formula is C9H15NO3S. The molecule has 0 radical (unpaired) electrons. The second-order valence-corrected chi connectivity index (χ2v) is 6.24. The van der Waals surface area contributed by atoms with Gasteiger partial charge in [-0.15, -0.1) is 0 Å². The average molecular weight is 217 g/mol. The van der Waals surface area contributed by atoms with E-state index in [9.17, 15) is 13.2 Å². The SMILES string of the molecule is CN(C)/C=C/C(=O)C1(S(C)(=O)=O)CC1. The van der Waals surface area contributed by atoms with Gasteiger partial charge in [-0.05, 0) is 18.9 Å². The summed E-state index contributed by atoms with van der Waals surface area (Å²) >= 11 is 0. The lowest BCUT2D eigenvalue weighted by Gasteiger charge is -2.09. The van der Waals surface area contributed by atoms with E-state index in [2.05, 4.69) is 0 Å². The van der Waals surface area contributed by atoms with Gasteiger partial charge < -0.3 is 4.90 Å². The summed E-state index contributed by atoms with van der Waals surface area (Å²) in [6.45, 7) is 0. The first kappa shape index (κ1) is 11.2. The predicted molar refractivity (Wildman–Crippen MR) is 54.6 cm³/mol. The number of carbonyl (C=O) groups is 1. The molecule has 0 saturated heterocycles. The summed E-state index contributed by atoms with van der Waals surface area (Å²) in [5.41, 5.74) is 0. The van der Waals surface area contributed by atoms with Gasteiger partial charge in [0.15, 0.2) is 15.6 Å². The number of nitrogens with zero attached hydrogens (tertiary/aromatic N) is 1. The van der Waals surface area contributed by atoms with E-state index in [4.69, 9.17) is 0 Å². The number of hydrogen-bond donors (Lipinski definition) is 0. The first-order chi connectivity index (χ1) is 6.29. The van der Waals surface area contributed by atoms with Crippen LogP contribution in [0.15, 0.2) is 12.3 Å². The van der Waals surface area contributed by atoms with Crippen molar-refractivity contribution in [1.29, 1.82) is 0 Å². The molecule has 5 heteroatoms. The first-order valence-corrected chi connectivity index (χ1v) is 6.27. The van der Waals surface area contributed by atoms with E-state index in [0.29, 0.717) is 12.8 Å². The number of ketones is 1. The maximum atomic E-state index is 11.6. The van der Waals surface area contributed by atoms with Gasteiger partial charge in [0.2, 0.25) is 0 Å². The third kappa shape index (κ3) is 1.97.